The van der Waals surface area contributed by atoms with Crippen molar-refractivity contribution in [1.82, 2.24) is 15.0 Å². The fourth-order valence-corrected chi connectivity index (χ4v) is 1.86. The SMILES string of the molecule is Nc1nc(Br)c(CCc2ccccn2)[nH]1. The Hall–Kier alpha value is -1.36. The Morgan fingerprint density at radius 2 is 2.20 bits per heavy atom. The summed E-state index contributed by atoms with van der Waals surface area (Å²) in [7, 11) is 0. The van der Waals surface area contributed by atoms with Crippen molar-refractivity contribution in [2.75, 3.05) is 5.73 Å². The number of aromatic nitrogens is 3. The van der Waals surface area contributed by atoms with Gasteiger partial charge in [0.1, 0.15) is 4.60 Å². The van der Waals surface area contributed by atoms with Crippen molar-refractivity contribution in [3.8, 4) is 0 Å². The standard InChI is InChI=1S/C10H11BrN4/c11-9-8(14-10(12)15-9)5-4-7-3-1-2-6-13-7/h1-3,6H,4-5H2,(H3,12,14,15). The van der Waals surface area contributed by atoms with Gasteiger partial charge in [0.15, 0.2) is 5.95 Å². The molecule has 2 heterocycles. The van der Waals surface area contributed by atoms with E-state index < -0.39 is 0 Å². The van der Waals surface area contributed by atoms with Crippen LogP contribution >= 0.6 is 15.9 Å². The highest BCUT2D eigenvalue weighted by Gasteiger charge is 2.05. The number of aryl methyl sites for hydroxylation is 2. The van der Waals surface area contributed by atoms with E-state index in [9.17, 15) is 0 Å². The van der Waals surface area contributed by atoms with Crippen LogP contribution in [0, 0.1) is 0 Å². The molecule has 0 aliphatic carbocycles. The molecule has 3 N–H and O–H groups in total. The van der Waals surface area contributed by atoms with Crippen LogP contribution in [0.1, 0.15) is 11.4 Å². The average molecular weight is 267 g/mol. The van der Waals surface area contributed by atoms with Crippen LogP contribution < -0.4 is 5.73 Å². The molecule has 0 unspecified atom stereocenters. The number of H-pyrrole nitrogens is 1. The molecule has 15 heavy (non-hydrogen) atoms. The van der Waals surface area contributed by atoms with Crippen LogP contribution in [0.25, 0.3) is 0 Å². The molecule has 0 aromatic carbocycles. The lowest BCUT2D eigenvalue weighted by Gasteiger charge is -1.98. The monoisotopic (exact) mass is 266 g/mol. The van der Waals surface area contributed by atoms with E-state index in [4.69, 9.17) is 5.73 Å². The van der Waals surface area contributed by atoms with Crippen molar-refractivity contribution in [1.29, 1.82) is 0 Å². The van der Waals surface area contributed by atoms with Gasteiger partial charge < -0.3 is 10.7 Å². The summed E-state index contributed by atoms with van der Waals surface area (Å²) in [5.74, 6) is 0.442. The van der Waals surface area contributed by atoms with Gasteiger partial charge in [-0.3, -0.25) is 4.98 Å². The molecule has 0 aliphatic heterocycles. The minimum absolute atomic E-state index is 0.442. The quantitative estimate of drug-likeness (QED) is 0.892. The van der Waals surface area contributed by atoms with Crippen molar-refractivity contribution in [2.24, 2.45) is 0 Å². The Morgan fingerprint density at radius 1 is 1.33 bits per heavy atom. The summed E-state index contributed by atoms with van der Waals surface area (Å²) in [5.41, 5.74) is 7.62. The van der Waals surface area contributed by atoms with Gasteiger partial charge in [-0.15, -0.1) is 0 Å². The minimum atomic E-state index is 0.442. The maximum Gasteiger partial charge on any atom is 0.198 e. The number of nitrogens with two attached hydrogens (primary N) is 1. The molecule has 0 spiro atoms. The number of nitrogen functional groups attached to an aromatic ring is 1. The summed E-state index contributed by atoms with van der Waals surface area (Å²) >= 11 is 3.35. The van der Waals surface area contributed by atoms with E-state index in [0.717, 1.165) is 28.8 Å². The average Bonchev–Trinajstić information content (AvgIpc) is 2.56. The zero-order valence-electron chi connectivity index (χ0n) is 8.07. The molecule has 0 fully saturated rings. The fraction of sp³-hybridized carbons (Fsp3) is 0.200. The molecule has 2 rings (SSSR count). The fourth-order valence-electron chi connectivity index (χ4n) is 1.37. The summed E-state index contributed by atoms with van der Waals surface area (Å²) in [5, 5.41) is 0. The zero-order valence-corrected chi connectivity index (χ0v) is 9.66. The second-order valence-corrected chi connectivity index (χ2v) is 3.96. The van der Waals surface area contributed by atoms with Crippen molar-refractivity contribution in [2.45, 2.75) is 12.8 Å². The van der Waals surface area contributed by atoms with Crippen LogP contribution in [-0.2, 0) is 12.8 Å². The molecule has 4 nitrogen and oxygen atoms in total. The number of nitrogens with zero attached hydrogens (tertiary/aromatic N) is 2. The Bertz CT molecular complexity index is 438. The number of halogens is 1. The first-order valence-corrected chi connectivity index (χ1v) is 5.45. The van der Waals surface area contributed by atoms with Crippen LogP contribution in [0.5, 0.6) is 0 Å². The van der Waals surface area contributed by atoms with Crippen LogP contribution in [0.2, 0.25) is 0 Å². The van der Waals surface area contributed by atoms with Gasteiger partial charge >= 0.3 is 0 Å². The number of hydrogen-bond donors (Lipinski definition) is 2. The van der Waals surface area contributed by atoms with E-state index in [0.29, 0.717) is 5.95 Å². The molecule has 0 atom stereocenters. The first-order valence-electron chi connectivity index (χ1n) is 4.65. The highest BCUT2D eigenvalue weighted by molar-refractivity contribution is 9.10. The van der Waals surface area contributed by atoms with Gasteiger partial charge in [-0.1, -0.05) is 6.07 Å². The van der Waals surface area contributed by atoms with E-state index >= 15 is 0 Å². The zero-order chi connectivity index (χ0) is 10.7. The third kappa shape index (κ3) is 2.56. The van der Waals surface area contributed by atoms with Crippen LogP contribution in [0.15, 0.2) is 29.0 Å². The Morgan fingerprint density at radius 3 is 2.80 bits per heavy atom. The van der Waals surface area contributed by atoms with Gasteiger partial charge in [-0.25, -0.2) is 4.98 Å². The van der Waals surface area contributed by atoms with Gasteiger partial charge in [0.05, 0.1) is 5.69 Å². The number of hydrogen-bond acceptors (Lipinski definition) is 3. The number of aromatic amines is 1. The highest BCUT2D eigenvalue weighted by Crippen LogP contribution is 2.16. The van der Waals surface area contributed by atoms with Crippen LogP contribution in [-0.4, -0.2) is 15.0 Å². The lowest BCUT2D eigenvalue weighted by Crippen LogP contribution is -1.95. The van der Waals surface area contributed by atoms with Gasteiger partial charge in [0.25, 0.3) is 0 Å². The molecule has 0 amide bonds. The van der Waals surface area contributed by atoms with E-state index in [2.05, 4.69) is 30.9 Å². The van der Waals surface area contributed by atoms with Crippen LogP contribution in [0.3, 0.4) is 0 Å². The van der Waals surface area contributed by atoms with Gasteiger partial charge in [0, 0.05) is 11.9 Å². The number of nitrogens with one attached hydrogen (secondary N) is 1. The summed E-state index contributed by atoms with van der Waals surface area (Å²) in [6.45, 7) is 0. The van der Waals surface area contributed by atoms with E-state index in [1.165, 1.54) is 0 Å². The van der Waals surface area contributed by atoms with E-state index in [1.807, 2.05) is 18.2 Å². The predicted molar refractivity (Wildman–Crippen MR) is 62.3 cm³/mol. The topological polar surface area (TPSA) is 67.6 Å². The third-order valence-electron chi connectivity index (χ3n) is 2.10. The van der Waals surface area contributed by atoms with Crippen molar-refractivity contribution < 1.29 is 0 Å². The molecule has 2 aromatic rings. The van der Waals surface area contributed by atoms with Crippen LogP contribution in [0.4, 0.5) is 5.95 Å². The number of rotatable bonds is 3. The lowest BCUT2D eigenvalue weighted by atomic mass is 10.2. The maximum absolute atomic E-state index is 5.54. The first-order chi connectivity index (χ1) is 7.25. The summed E-state index contributed by atoms with van der Waals surface area (Å²) in [4.78, 5) is 11.3. The largest absolute Gasteiger partial charge is 0.369 e. The third-order valence-corrected chi connectivity index (χ3v) is 2.76. The first kappa shape index (κ1) is 10.2. The highest BCUT2D eigenvalue weighted by atomic mass is 79.9. The van der Waals surface area contributed by atoms with Crippen molar-refractivity contribution in [3.05, 3.63) is 40.4 Å². The second kappa shape index (κ2) is 4.44. The van der Waals surface area contributed by atoms with Crippen molar-refractivity contribution in [3.63, 3.8) is 0 Å². The predicted octanol–water partition coefficient (Wildman–Crippen LogP) is 1.93. The normalized spacial score (nSPS) is 10.5. The van der Waals surface area contributed by atoms with E-state index in [-0.39, 0.29) is 0 Å². The molecule has 0 saturated heterocycles. The minimum Gasteiger partial charge on any atom is -0.369 e. The molecule has 0 radical (unpaired) electrons. The Balaban J connectivity index is 2.02. The van der Waals surface area contributed by atoms with Gasteiger partial charge in [-0.05, 0) is 40.9 Å². The molecule has 0 aliphatic rings. The number of imidazole rings is 1. The summed E-state index contributed by atoms with van der Waals surface area (Å²) < 4.78 is 0.788. The summed E-state index contributed by atoms with van der Waals surface area (Å²) in [6.07, 6.45) is 3.52. The molecular formula is C10H11BrN4. The number of anilines is 1. The number of pyridine rings is 1. The molecule has 2 aromatic heterocycles. The van der Waals surface area contributed by atoms with Gasteiger partial charge in [0.2, 0.25) is 0 Å². The van der Waals surface area contributed by atoms with E-state index in [1.54, 1.807) is 6.20 Å². The van der Waals surface area contributed by atoms with Crippen molar-refractivity contribution >= 4 is 21.9 Å². The Labute approximate surface area is 96.1 Å². The lowest BCUT2D eigenvalue weighted by molar-refractivity contribution is 0.884. The Kier molecular flexibility index (Phi) is 3.01. The molecule has 78 valence electrons. The molecule has 5 heteroatoms. The second-order valence-electron chi connectivity index (χ2n) is 3.21. The molecular weight excluding hydrogens is 256 g/mol. The maximum atomic E-state index is 5.54. The molecule has 0 bridgehead atoms. The summed E-state index contributed by atoms with van der Waals surface area (Å²) in [6, 6.07) is 5.90. The smallest absolute Gasteiger partial charge is 0.198 e. The molecule has 0 saturated carbocycles. The van der Waals surface area contributed by atoms with Gasteiger partial charge in [-0.2, -0.15) is 0 Å².